The summed E-state index contributed by atoms with van der Waals surface area (Å²) in [6.07, 6.45) is 1.58. The van der Waals surface area contributed by atoms with Gasteiger partial charge in [0.2, 0.25) is 0 Å². The van der Waals surface area contributed by atoms with Gasteiger partial charge in [0.1, 0.15) is 5.69 Å². The van der Waals surface area contributed by atoms with Crippen LogP contribution in [0.4, 0.5) is 8.78 Å². The summed E-state index contributed by atoms with van der Waals surface area (Å²) in [5.41, 5.74) is 1.26. The first-order chi connectivity index (χ1) is 9.52. The minimum atomic E-state index is -0.601. The molecule has 2 aromatic rings. The van der Waals surface area contributed by atoms with Crippen LogP contribution in [0.15, 0.2) is 24.4 Å². The van der Waals surface area contributed by atoms with Crippen molar-refractivity contribution in [1.29, 1.82) is 0 Å². The number of hydrogen-bond acceptors (Lipinski definition) is 2. The summed E-state index contributed by atoms with van der Waals surface area (Å²) in [4.78, 5) is 0. The third-order valence-electron chi connectivity index (χ3n) is 3.09. The van der Waals surface area contributed by atoms with Gasteiger partial charge in [-0.15, -0.1) is 0 Å². The first kappa shape index (κ1) is 14.7. The molecule has 20 heavy (non-hydrogen) atoms. The van der Waals surface area contributed by atoms with Gasteiger partial charge in [-0.1, -0.05) is 20.8 Å². The minimum Gasteiger partial charge on any atom is -0.313 e. The normalized spacial score (nSPS) is 11.3. The molecule has 5 heteroatoms. The summed E-state index contributed by atoms with van der Waals surface area (Å²) in [6, 6.07) is 4.46. The van der Waals surface area contributed by atoms with E-state index in [0.29, 0.717) is 12.1 Å². The average molecular weight is 279 g/mol. The van der Waals surface area contributed by atoms with Crippen LogP contribution in [0.2, 0.25) is 0 Å². The molecule has 108 valence electrons. The maximum absolute atomic E-state index is 14.1. The highest BCUT2D eigenvalue weighted by Gasteiger charge is 2.15. The van der Waals surface area contributed by atoms with E-state index >= 15 is 0 Å². The lowest BCUT2D eigenvalue weighted by atomic mass is 10.1. The zero-order valence-corrected chi connectivity index (χ0v) is 12.0. The number of halogens is 2. The molecular formula is C15H19F2N3. The van der Waals surface area contributed by atoms with Gasteiger partial charge in [-0.3, -0.25) is 0 Å². The maximum Gasteiger partial charge on any atom is 0.152 e. The fourth-order valence-electron chi connectivity index (χ4n) is 1.98. The molecule has 1 N–H and O–H groups in total. The van der Waals surface area contributed by atoms with E-state index in [0.717, 1.165) is 12.2 Å². The molecule has 0 aliphatic rings. The third kappa shape index (κ3) is 3.04. The standard InChI is InChI=1S/C15H19F2N3/c1-4-18-9-11-7-12(16)15(13(17)8-11)20-6-5-14(19-20)10(2)3/h5-8,10,18H,4,9H2,1-3H3. The van der Waals surface area contributed by atoms with Gasteiger partial charge < -0.3 is 5.32 Å². The summed E-state index contributed by atoms with van der Waals surface area (Å²) in [5.74, 6) is -0.983. The molecule has 0 saturated carbocycles. The Morgan fingerprint density at radius 1 is 1.25 bits per heavy atom. The summed E-state index contributed by atoms with van der Waals surface area (Å²) in [7, 11) is 0. The molecular weight excluding hydrogens is 260 g/mol. The molecule has 2 rings (SSSR count). The smallest absolute Gasteiger partial charge is 0.152 e. The highest BCUT2D eigenvalue weighted by molar-refractivity contribution is 5.38. The molecule has 0 aliphatic carbocycles. The van der Waals surface area contributed by atoms with E-state index in [4.69, 9.17) is 0 Å². The topological polar surface area (TPSA) is 29.9 Å². The minimum absolute atomic E-state index is 0.128. The number of rotatable bonds is 5. The number of aromatic nitrogens is 2. The van der Waals surface area contributed by atoms with Crippen molar-refractivity contribution in [3.8, 4) is 5.69 Å². The summed E-state index contributed by atoms with van der Waals surface area (Å²) in [6.45, 7) is 7.11. The molecule has 1 aromatic carbocycles. The van der Waals surface area contributed by atoms with Crippen molar-refractivity contribution in [2.24, 2.45) is 0 Å². The van der Waals surface area contributed by atoms with Crippen molar-refractivity contribution in [1.82, 2.24) is 15.1 Å². The predicted molar refractivity (Wildman–Crippen MR) is 74.9 cm³/mol. The van der Waals surface area contributed by atoms with E-state index in [-0.39, 0.29) is 11.6 Å². The summed E-state index contributed by atoms with van der Waals surface area (Å²) < 4.78 is 29.5. The van der Waals surface area contributed by atoms with Gasteiger partial charge >= 0.3 is 0 Å². The van der Waals surface area contributed by atoms with E-state index in [2.05, 4.69) is 10.4 Å². The Morgan fingerprint density at radius 2 is 1.90 bits per heavy atom. The first-order valence-electron chi connectivity index (χ1n) is 6.77. The van der Waals surface area contributed by atoms with Gasteiger partial charge in [0.15, 0.2) is 11.6 Å². The summed E-state index contributed by atoms with van der Waals surface area (Å²) in [5, 5.41) is 7.26. The molecule has 0 unspecified atom stereocenters. The van der Waals surface area contributed by atoms with E-state index in [1.165, 1.54) is 16.8 Å². The monoisotopic (exact) mass is 279 g/mol. The quantitative estimate of drug-likeness (QED) is 0.909. The van der Waals surface area contributed by atoms with Crippen molar-refractivity contribution in [3.05, 3.63) is 47.3 Å². The molecule has 0 radical (unpaired) electrons. The van der Waals surface area contributed by atoms with E-state index in [9.17, 15) is 8.78 Å². The van der Waals surface area contributed by atoms with Crippen LogP contribution in [0, 0.1) is 11.6 Å². The molecule has 0 fully saturated rings. The van der Waals surface area contributed by atoms with E-state index < -0.39 is 11.6 Å². The number of benzene rings is 1. The van der Waals surface area contributed by atoms with Gasteiger partial charge in [0.25, 0.3) is 0 Å². The third-order valence-corrected chi connectivity index (χ3v) is 3.09. The number of nitrogens with one attached hydrogen (secondary N) is 1. The Hall–Kier alpha value is -1.75. The Morgan fingerprint density at radius 3 is 2.40 bits per heavy atom. The van der Waals surface area contributed by atoms with E-state index in [1.807, 2.05) is 20.8 Å². The van der Waals surface area contributed by atoms with Gasteiger partial charge in [0, 0.05) is 12.7 Å². The molecule has 0 atom stereocenters. The van der Waals surface area contributed by atoms with Crippen molar-refractivity contribution in [2.75, 3.05) is 6.54 Å². The molecule has 1 aromatic heterocycles. The summed E-state index contributed by atoms with van der Waals surface area (Å²) >= 11 is 0. The molecule has 0 amide bonds. The first-order valence-corrected chi connectivity index (χ1v) is 6.77. The van der Waals surface area contributed by atoms with Crippen molar-refractivity contribution >= 4 is 0 Å². The lowest BCUT2D eigenvalue weighted by molar-refractivity contribution is 0.552. The molecule has 0 spiro atoms. The van der Waals surface area contributed by atoms with E-state index in [1.54, 1.807) is 12.3 Å². The van der Waals surface area contributed by atoms with Crippen molar-refractivity contribution < 1.29 is 8.78 Å². The van der Waals surface area contributed by atoms with Gasteiger partial charge in [-0.2, -0.15) is 5.10 Å². The number of hydrogen-bond donors (Lipinski definition) is 1. The van der Waals surface area contributed by atoms with Gasteiger partial charge in [-0.25, -0.2) is 13.5 Å². The van der Waals surface area contributed by atoms with Crippen LogP contribution in [-0.4, -0.2) is 16.3 Å². The Balaban J connectivity index is 2.36. The van der Waals surface area contributed by atoms with Gasteiger partial charge in [0.05, 0.1) is 5.69 Å². The fourth-order valence-corrected chi connectivity index (χ4v) is 1.98. The van der Waals surface area contributed by atoms with Crippen LogP contribution in [-0.2, 0) is 6.54 Å². The SMILES string of the molecule is CCNCc1cc(F)c(-n2ccc(C(C)C)n2)c(F)c1. The Bertz CT molecular complexity index is 568. The van der Waals surface area contributed by atoms with Crippen molar-refractivity contribution in [2.45, 2.75) is 33.2 Å². The lowest BCUT2D eigenvalue weighted by Crippen LogP contribution is -2.13. The van der Waals surface area contributed by atoms with Gasteiger partial charge in [-0.05, 0) is 36.2 Å². The Kier molecular flexibility index (Phi) is 4.49. The lowest BCUT2D eigenvalue weighted by Gasteiger charge is -2.09. The fraction of sp³-hybridized carbons (Fsp3) is 0.400. The molecule has 1 heterocycles. The second-order valence-electron chi connectivity index (χ2n) is 5.03. The van der Waals surface area contributed by atoms with Crippen LogP contribution in [0.5, 0.6) is 0 Å². The highest BCUT2D eigenvalue weighted by atomic mass is 19.1. The average Bonchev–Trinajstić information content (AvgIpc) is 2.85. The highest BCUT2D eigenvalue weighted by Crippen LogP contribution is 2.21. The number of nitrogens with zero attached hydrogens (tertiary/aromatic N) is 2. The molecule has 3 nitrogen and oxygen atoms in total. The van der Waals surface area contributed by atoms with Crippen LogP contribution >= 0.6 is 0 Å². The van der Waals surface area contributed by atoms with Crippen LogP contribution < -0.4 is 5.32 Å². The van der Waals surface area contributed by atoms with Crippen LogP contribution in [0.25, 0.3) is 5.69 Å². The predicted octanol–water partition coefficient (Wildman–Crippen LogP) is 3.38. The largest absolute Gasteiger partial charge is 0.313 e. The second-order valence-corrected chi connectivity index (χ2v) is 5.03. The molecule has 0 aliphatic heterocycles. The zero-order chi connectivity index (χ0) is 14.7. The van der Waals surface area contributed by atoms with Crippen molar-refractivity contribution in [3.63, 3.8) is 0 Å². The second kappa shape index (κ2) is 6.13. The molecule has 0 bridgehead atoms. The van der Waals surface area contributed by atoms with Crippen LogP contribution in [0.3, 0.4) is 0 Å². The van der Waals surface area contributed by atoms with Crippen LogP contribution in [0.1, 0.15) is 37.9 Å². The Labute approximate surface area is 117 Å². The molecule has 0 saturated heterocycles. The maximum atomic E-state index is 14.1. The zero-order valence-electron chi connectivity index (χ0n) is 12.0.